The van der Waals surface area contributed by atoms with Crippen LogP contribution in [0.4, 0.5) is 4.79 Å². The van der Waals surface area contributed by atoms with Crippen molar-refractivity contribution in [2.45, 2.75) is 64.5 Å². The van der Waals surface area contributed by atoms with Crippen molar-refractivity contribution < 1.29 is 17.9 Å². The lowest BCUT2D eigenvalue weighted by Crippen LogP contribution is -2.58. The monoisotopic (exact) mass is 330 g/mol. The minimum atomic E-state index is -3.87. The normalized spacial score (nSPS) is 37.1. The van der Waals surface area contributed by atoms with Crippen molar-refractivity contribution in [1.29, 1.82) is 0 Å². The molecule has 0 spiro atoms. The van der Waals surface area contributed by atoms with Crippen molar-refractivity contribution in [2.75, 3.05) is 0 Å². The molecule has 0 aliphatic heterocycles. The zero-order chi connectivity index (χ0) is 16.1. The van der Waals surface area contributed by atoms with Crippen LogP contribution in [-0.4, -0.2) is 26.2 Å². The maximum absolute atomic E-state index is 12.2. The largest absolute Gasteiger partial charge is 0.443 e. The molecule has 0 unspecified atom stereocenters. The van der Waals surface area contributed by atoms with Gasteiger partial charge in [0.2, 0.25) is 0 Å². The van der Waals surface area contributed by atoms with Gasteiger partial charge in [-0.3, -0.25) is 0 Å². The Balaban J connectivity index is 1.61. The fourth-order valence-corrected chi connectivity index (χ4v) is 5.80. The van der Waals surface area contributed by atoms with Gasteiger partial charge in [0.1, 0.15) is 5.60 Å². The molecule has 2 N–H and O–H groups in total. The van der Waals surface area contributed by atoms with Gasteiger partial charge < -0.3 is 4.74 Å². The molecule has 4 bridgehead atoms. The molecular weight excluding hydrogens is 304 g/mol. The van der Waals surface area contributed by atoms with E-state index in [0.29, 0.717) is 11.8 Å². The molecule has 6 nitrogen and oxygen atoms in total. The molecule has 0 aromatic heterocycles. The first kappa shape index (κ1) is 16.1. The smallest absolute Gasteiger partial charge is 0.422 e. The number of rotatable bonds is 3. The first-order chi connectivity index (χ1) is 10.1. The number of hydrogen-bond acceptors (Lipinski definition) is 4. The van der Waals surface area contributed by atoms with Crippen LogP contribution in [0.5, 0.6) is 0 Å². The second kappa shape index (κ2) is 5.37. The van der Waals surface area contributed by atoms with E-state index in [1.54, 1.807) is 20.8 Å². The highest BCUT2D eigenvalue weighted by molar-refractivity contribution is 7.88. The average Bonchev–Trinajstić information content (AvgIpc) is 2.29. The quantitative estimate of drug-likeness (QED) is 0.830. The number of carbonyl (C=O) groups is 1. The Morgan fingerprint density at radius 1 is 1.00 bits per heavy atom. The van der Waals surface area contributed by atoms with Gasteiger partial charge in [0, 0.05) is 6.04 Å². The fourth-order valence-electron chi connectivity index (χ4n) is 4.73. The second-order valence-electron chi connectivity index (χ2n) is 8.18. The van der Waals surface area contributed by atoms with E-state index >= 15 is 0 Å². The molecule has 0 heterocycles. The summed E-state index contributed by atoms with van der Waals surface area (Å²) < 4.78 is 34.1. The third kappa shape index (κ3) is 3.56. The number of amides is 1. The van der Waals surface area contributed by atoms with Crippen LogP contribution in [-0.2, 0) is 14.9 Å². The third-order valence-corrected chi connectivity index (χ3v) is 6.15. The SMILES string of the molecule is CC(C)(C)OC(=O)NS(=O)(=O)NC1C2CC3CC(C2)CC1C3. The molecule has 4 rings (SSSR count). The highest BCUT2D eigenvalue weighted by Crippen LogP contribution is 2.53. The van der Waals surface area contributed by atoms with E-state index in [1.807, 2.05) is 4.72 Å². The molecular formula is C15H26N2O4S. The van der Waals surface area contributed by atoms with Gasteiger partial charge in [-0.1, -0.05) is 0 Å². The van der Waals surface area contributed by atoms with E-state index in [4.69, 9.17) is 4.74 Å². The topological polar surface area (TPSA) is 84.5 Å². The van der Waals surface area contributed by atoms with Crippen molar-refractivity contribution in [3.8, 4) is 0 Å². The van der Waals surface area contributed by atoms with Crippen molar-refractivity contribution in [1.82, 2.24) is 9.44 Å². The Kier molecular flexibility index (Phi) is 3.92. The minimum absolute atomic E-state index is 0.0345. The van der Waals surface area contributed by atoms with Crippen LogP contribution in [0.3, 0.4) is 0 Å². The second-order valence-corrected chi connectivity index (χ2v) is 9.63. The van der Waals surface area contributed by atoms with Crippen LogP contribution in [0.25, 0.3) is 0 Å². The highest BCUT2D eigenvalue weighted by atomic mass is 32.2. The summed E-state index contributed by atoms with van der Waals surface area (Å²) in [6.45, 7) is 5.10. The lowest BCUT2D eigenvalue weighted by atomic mass is 9.54. The molecule has 4 saturated carbocycles. The molecule has 0 aromatic carbocycles. The van der Waals surface area contributed by atoms with Crippen molar-refractivity contribution in [3.05, 3.63) is 0 Å². The summed E-state index contributed by atoms with van der Waals surface area (Å²) in [6.07, 6.45) is 4.87. The number of carbonyl (C=O) groups excluding carboxylic acids is 1. The summed E-state index contributed by atoms with van der Waals surface area (Å²) in [5.74, 6) is 2.40. The van der Waals surface area contributed by atoms with Crippen LogP contribution in [0.15, 0.2) is 0 Å². The van der Waals surface area contributed by atoms with Crippen LogP contribution in [0.2, 0.25) is 0 Å². The van der Waals surface area contributed by atoms with Gasteiger partial charge in [-0.25, -0.2) is 9.52 Å². The molecule has 0 radical (unpaired) electrons. The number of ether oxygens (including phenoxy) is 1. The summed E-state index contributed by atoms with van der Waals surface area (Å²) in [4.78, 5) is 11.7. The Bertz CT molecular complexity index is 524. The standard InChI is InChI=1S/C15H26N2O4S/c1-15(2,3)21-14(18)17-22(19,20)16-13-11-5-9-4-10(7-11)8-12(13)6-9/h9-13,16H,4-8H2,1-3H3,(H,17,18). The molecule has 126 valence electrons. The van der Waals surface area contributed by atoms with Crippen LogP contribution in [0.1, 0.15) is 52.9 Å². The van der Waals surface area contributed by atoms with Crippen LogP contribution < -0.4 is 9.44 Å². The zero-order valence-electron chi connectivity index (χ0n) is 13.5. The lowest BCUT2D eigenvalue weighted by molar-refractivity contribution is -0.00577. The molecule has 0 atom stereocenters. The lowest BCUT2D eigenvalue weighted by Gasteiger charge is -2.54. The molecule has 22 heavy (non-hydrogen) atoms. The van der Waals surface area contributed by atoms with E-state index in [0.717, 1.165) is 37.5 Å². The molecule has 4 aliphatic rings. The Morgan fingerprint density at radius 2 is 1.50 bits per heavy atom. The summed E-state index contributed by atoms with van der Waals surface area (Å²) in [5.41, 5.74) is -0.720. The summed E-state index contributed by atoms with van der Waals surface area (Å²) in [7, 11) is -3.87. The van der Waals surface area contributed by atoms with Gasteiger partial charge >= 0.3 is 16.3 Å². The summed E-state index contributed by atoms with van der Waals surface area (Å²) >= 11 is 0. The Labute approximate surface area is 132 Å². The van der Waals surface area contributed by atoms with Gasteiger partial charge in [-0.05, 0) is 76.5 Å². The van der Waals surface area contributed by atoms with Gasteiger partial charge in [0.15, 0.2) is 0 Å². The zero-order valence-corrected chi connectivity index (χ0v) is 14.3. The Morgan fingerprint density at radius 3 is 1.95 bits per heavy atom. The maximum atomic E-state index is 12.2. The molecule has 7 heteroatoms. The van der Waals surface area contributed by atoms with Crippen molar-refractivity contribution in [2.24, 2.45) is 23.7 Å². The highest BCUT2D eigenvalue weighted by Gasteiger charge is 2.49. The van der Waals surface area contributed by atoms with E-state index in [1.165, 1.54) is 6.42 Å². The Hall–Kier alpha value is -0.820. The van der Waals surface area contributed by atoms with Gasteiger partial charge in [0.25, 0.3) is 0 Å². The number of nitrogens with one attached hydrogen (secondary N) is 2. The first-order valence-electron chi connectivity index (χ1n) is 8.14. The molecule has 0 saturated heterocycles. The van der Waals surface area contributed by atoms with E-state index < -0.39 is 21.9 Å². The predicted octanol–water partition coefficient (Wildman–Crippen LogP) is 2.17. The van der Waals surface area contributed by atoms with E-state index in [-0.39, 0.29) is 6.04 Å². The molecule has 4 fully saturated rings. The maximum Gasteiger partial charge on any atom is 0.422 e. The third-order valence-electron chi connectivity index (χ3n) is 5.13. The average molecular weight is 330 g/mol. The van der Waals surface area contributed by atoms with Crippen LogP contribution in [0, 0.1) is 23.7 Å². The number of hydrogen-bond donors (Lipinski definition) is 2. The van der Waals surface area contributed by atoms with Crippen molar-refractivity contribution in [3.63, 3.8) is 0 Å². The fraction of sp³-hybridized carbons (Fsp3) is 0.933. The first-order valence-corrected chi connectivity index (χ1v) is 9.62. The van der Waals surface area contributed by atoms with Gasteiger partial charge in [-0.15, -0.1) is 0 Å². The van der Waals surface area contributed by atoms with Gasteiger partial charge in [0.05, 0.1) is 0 Å². The minimum Gasteiger partial charge on any atom is -0.443 e. The molecule has 0 aromatic rings. The van der Waals surface area contributed by atoms with Crippen LogP contribution >= 0.6 is 0 Å². The summed E-state index contributed by atoms with van der Waals surface area (Å²) in [5, 5.41) is 0. The summed E-state index contributed by atoms with van der Waals surface area (Å²) in [6, 6.07) is -0.0345. The predicted molar refractivity (Wildman–Crippen MR) is 82.3 cm³/mol. The molecule has 4 aliphatic carbocycles. The van der Waals surface area contributed by atoms with E-state index in [9.17, 15) is 13.2 Å². The van der Waals surface area contributed by atoms with Gasteiger partial charge in [-0.2, -0.15) is 13.1 Å². The van der Waals surface area contributed by atoms with Crippen molar-refractivity contribution >= 4 is 16.3 Å². The van der Waals surface area contributed by atoms with E-state index in [2.05, 4.69) is 4.72 Å². The molecule has 1 amide bonds.